The van der Waals surface area contributed by atoms with Gasteiger partial charge in [0.05, 0.1) is 35.1 Å². The Hall–Kier alpha value is -6.93. The number of nitrogens with two attached hydrogens (primary N) is 3. The third kappa shape index (κ3) is 8.87. The fourth-order valence-electron chi connectivity index (χ4n) is 4.50. The van der Waals surface area contributed by atoms with Gasteiger partial charge in [0, 0.05) is 24.2 Å². The zero-order valence-corrected chi connectivity index (χ0v) is 26.2. The zero-order valence-electron chi connectivity index (χ0n) is 26.2. The number of carbonyl (C=O) groups excluding carboxylic acids is 2. The molecule has 3 amide bonds. The summed E-state index contributed by atoms with van der Waals surface area (Å²) in [6, 6.07) is 32.6. The van der Waals surface area contributed by atoms with Crippen LogP contribution < -0.4 is 33.2 Å². The molecule has 2 aromatic heterocycles. The number of nitrogens with zero attached hydrogens (tertiary/aromatic N) is 4. The van der Waals surface area contributed by atoms with Gasteiger partial charge in [-0.1, -0.05) is 60.7 Å². The molecule has 0 unspecified atom stereocenters. The van der Waals surface area contributed by atoms with Crippen LogP contribution in [0.5, 0.6) is 0 Å². The molecule has 2 heterocycles. The Labute approximate surface area is 281 Å². The van der Waals surface area contributed by atoms with Crippen LogP contribution in [0.25, 0.3) is 11.4 Å². The molecule has 6 aromatic rings. The minimum absolute atomic E-state index is 0.172. The number of anilines is 4. The number of hydrogen-bond donors (Lipinski definition) is 7. The maximum atomic E-state index is 12.4. The van der Waals surface area contributed by atoms with Crippen LogP contribution in [-0.2, 0) is 13.1 Å². The highest BCUT2D eigenvalue weighted by molar-refractivity contribution is 6.05. The van der Waals surface area contributed by atoms with Gasteiger partial charge in [-0.2, -0.15) is 0 Å². The second-order valence-electron chi connectivity index (χ2n) is 10.6. The van der Waals surface area contributed by atoms with Crippen molar-refractivity contribution in [1.82, 2.24) is 24.9 Å². The topological polar surface area (TPSA) is 221 Å². The van der Waals surface area contributed by atoms with E-state index < -0.39 is 6.09 Å². The number of rotatable bonds is 9. The fourth-order valence-corrected chi connectivity index (χ4v) is 4.50. The molecule has 10 N–H and O–H groups in total. The highest BCUT2D eigenvalue weighted by Gasteiger charge is 2.14. The van der Waals surface area contributed by atoms with E-state index in [1.54, 1.807) is 58.2 Å². The van der Waals surface area contributed by atoms with E-state index in [0.29, 0.717) is 34.9 Å². The quantitative estimate of drug-likeness (QED) is 0.115. The van der Waals surface area contributed by atoms with Gasteiger partial charge >= 0.3 is 6.09 Å². The third-order valence-electron chi connectivity index (χ3n) is 7.10. The van der Waals surface area contributed by atoms with Gasteiger partial charge in [-0.05, 0) is 59.7 Å². The van der Waals surface area contributed by atoms with E-state index in [1.165, 1.54) is 0 Å². The van der Waals surface area contributed by atoms with Crippen LogP contribution in [0.3, 0.4) is 0 Å². The lowest BCUT2D eigenvalue weighted by molar-refractivity contribution is 0.101. The van der Waals surface area contributed by atoms with E-state index in [0.717, 1.165) is 22.5 Å². The molecule has 0 radical (unpaired) electrons. The lowest BCUT2D eigenvalue weighted by atomic mass is 10.1. The first kappa shape index (κ1) is 33.4. The van der Waals surface area contributed by atoms with E-state index >= 15 is 0 Å². The van der Waals surface area contributed by atoms with E-state index in [9.17, 15) is 14.4 Å². The van der Waals surface area contributed by atoms with Crippen LogP contribution in [0.4, 0.5) is 27.8 Å². The predicted molar refractivity (Wildman–Crippen MR) is 187 cm³/mol. The lowest BCUT2D eigenvalue weighted by Gasteiger charge is -2.05. The third-order valence-corrected chi connectivity index (χ3v) is 7.10. The molecule has 0 aliphatic heterocycles. The van der Waals surface area contributed by atoms with E-state index in [1.807, 2.05) is 72.8 Å². The first-order valence-corrected chi connectivity index (χ1v) is 15.0. The lowest BCUT2D eigenvalue weighted by Crippen LogP contribution is -2.20. The number of para-hydroxylation sites is 2. The molecule has 0 spiro atoms. The minimum atomic E-state index is -1.10. The van der Waals surface area contributed by atoms with Crippen LogP contribution in [0.2, 0.25) is 0 Å². The number of amides is 3. The molecule has 0 aliphatic carbocycles. The number of hydrogen-bond acceptors (Lipinski definition) is 8. The first-order valence-electron chi connectivity index (χ1n) is 15.0. The van der Waals surface area contributed by atoms with Crippen LogP contribution in [0.15, 0.2) is 122 Å². The summed E-state index contributed by atoms with van der Waals surface area (Å²) in [6.45, 7) is 0.613. The van der Waals surface area contributed by atoms with Crippen molar-refractivity contribution in [1.29, 1.82) is 0 Å². The largest absolute Gasteiger partial charge is 0.465 e. The highest BCUT2D eigenvalue weighted by Crippen LogP contribution is 2.21. The number of nitrogens with one attached hydrogen (secondary N) is 3. The average Bonchev–Trinajstić information content (AvgIpc) is 3.69. The standard InChI is InChI=1S/C18H17N5O3.C17H17N5O/c19-15-11-23(14-4-2-1-3-5-14)22-16(15)21-17(24)13-8-6-12(7-9-13)10-20-18(25)26;18-10-12-6-8-13(9-7-12)17(23)20-16-15(19)11-22(21-16)14-4-2-1-3-5-14/h1-9,11,20H,10,19H2,(H,25,26)(H,21,22,24);1-9,11H,10,18-19H2,(H,20,21,23). The number of benzene rings is 4. The van der Waals surface area contributed by atoms with Gasteiger partial charge in [0.15, 0.2) is 11.6 Å². The molecular weight excluding hydrogens is 624 g/mol. The summed E-state index contributed by atoms with van der Waals surface area (Å²) in [7, 11) is 0. The summed E-state index contributed by atoms with van der Waals surface area (Å²) < 4.78 is 3.22. The molecule has 0 bridgehead atoms. The van der Waals surface area contributed by atoms with Gasteiger partial charge in [-0.15, -0.1) is 10.2 Å². The van der Waals surface area contributed by atoms with Gasteiger partial charge in [0.25, 0.3) is 11.8 Å². The Kier molecular flexibility index (Phi) is 10.6. The van der Waals surface area contributed by atoms with Crippen molar-refractivity contribution in [2.45, 2.75) is 13.1 Å². The number of carbonyl (C=O) groups is 3. The predicted octanol–water partition coefficient (Wildman–Crippen LogP) is 4.64. The molecule has 0 aliphatic rings. The molecule has 49 heavy (non-hydrogen) atoms. The summed E-state index contributed by atoms with van der Waals surface area (Å²) >= 11 is 0. The summed E-state index contributed by atoms with van der Waals surface area (Å²) in [5.74, 6) is -0.0106. The summed E-state index contributed by atoms with van der Waals surface area (Å²) in [4.78, 5) is 35.1. The van der Waals surface area contributed by atoms with Gasteiger partial charge in [0.2, 0.25) is 0 Å². The molecular formula is C35H34N10O4. The Balaban J connectivity index is 0.000000192. The molecule has 14 heteroatoms. The number of aromatic nitrogens is 4. The Morgan fingerprint density at radius 1 is 0.612 bits per heavy atom. The molecule has 0 saturated carbocycles. The second kappa shape index (κ2) is 15.6. The van der Waals surface area contributed by atoms with Gasteiger partial charge in [0.1, 0.15) is 0 Å². The number of carboxylic acid groups (broad SMARTS) is 1. The van der Waals surface area contributed by atoms with Crippen LogP contribution in [-0.4, -0.2) is 42.6 Å². The summed E-state index contributed by atoms with van der Waals surface area (Å²) in [5.41, 5.74) is 22.5. The van der Waals surface area contributed by atoms with Crippen molar-refractivity contribution < 1.29 is 19.5 Å². The Bertz CT molecular complexity index is 2030. The van der Waals surface area contributed by atoms with Crippen LogP contribution in [0, 0.1) is 0 Å². The molecule has 0 atom stereocenters. The molecule has 248 valence electrons. The summed E-state index contributed by atoms with van der Waals surface area (Å²) in [6.07, 6.45) is 2.20. The fraction of sp³-hybridized carbons (Fsp3) is 0.0571. The first-order chi connectivity index (χ1) is 23.7. The van der Waals surface area contributed by atoms with E-state index in [4.69, 9.17) is 22.3 Å². The average molecular weight is 659 g/mol. The molecule has 4 aromatic carbocycles. The minimum Gasteiger partial charge on any atom is -0.465 e. The molecule has 0 fully saturated rings. The molecule has 6 rings (SSSR count). The molecule has 0 saturated heterocycles. The Morgan fingerprint density at radius 3 is 1.41 bits per heavy atom. The van der Waals surface area contributed by atoms with Gasteiger partial charge in [-0.3, -0.25) is 9.59 Å². The van der Waals surface area contributed by atoms with Crippen LogP contribution >= 0.6 is 0 Å². The zero-order chi connectivity index (χ0) is 34.8. The normalized spacial score (nSPS) is 10.4. The van der Waals surface area contributed by atoms with E-state index in [-0.39, 0.29) is 24.2 Å². The molecule has 14 nitrogen and oxygen atoms in total. The SMILES string of the molecule is NCc1ccc(C(=O)Nc2nn(-c3ccccc3)cc2N)cc1.Nc1cn(-c2ccccc2)nc1NC(=O)c1ccc(CNC(=O)O)cc1. The van der Waals surface area contributed by atoms with Crippen molar-refractivity contribution in [2.24, 2.45) is 5.73 Å². The van der Waals surface area contributed by atoms with Crippen LogP contribution in [0.1, 0.15) is 31.8 Å². The maximum absolute atomic E-state index is 12.4. The van der Waals surface area contributed by atoms with Crippen molar-refractivity contribution in [3.8, 4) is 11.4 Å². The highest BCUT2D eigenvalue weighted by atomic mass is 16.4. The Morgan fingerprint density at radius 2 is 1.02 bits per heavy atom. The van der Waals surface area contributed by atoms with Crippen molar-refractivity contribution >= 4 is 40.9 Å². The second-order valence-corrected chi connectivity index (χ2v) is 10.6. The summed E-state index contributed by atoms with van der Waals surface area (Å²) in [5, 5.41) is 24.9. The van der Waals surface area contributed by atoms with Gasteiger partial charge < -0.3 is 38.3 Å². The van der Waals surface area contributed by atoms with Crippen molar-refractivity contribution in [2.75, 3.05) is 22.1 Å². The van der Waals surface area contributed by atoms with E-state index in [2.05, 4.69) is 26.1 Å². The number of nitrogen functional groups attached to an aromatic ring is 2. The smallest absolute Gasteiger partial charge is 0.404 e. The maximum Gasteiger partial charge on any atom is 0.404 e. The monoisotopic (exact) mass is 658 g/mol. The van der Waals surface area contributed by atoms with Crippen molar-refractivity contribution in [3.63, 3.8) is 0 Å². The van der Waals surface area contributed by atoms with Gasteiger partial charge in [-0.25, -0.2) is 14.2 Å². The van der Waals surface area contributed by atoms with Crippen molar-refractivity contribution in [3.05, 3.63) is 144 Å².